The minimum absolute atomic E-state index is 0.302. The molecule has 0 atom stereocenters. The maximum Gasteiger partial charge on any atom is 0.119 e. The lowest BCUT2D eigenvalue weighted by Crippen LogP contribution is -1.96. The van der Waals surface area contributed by atoms with Gasteiger partial charge in [0.05, 0.1) is 6.61 Å². The highest BCUT2D eigenvalue weighted by molar-refractivity contribution is 5.88. The van der Waals surface area contributed by atoms with Crippen molar-refractivity contribution < 1.29 is 9.84 Å². The van der Waals surface area contributed by atoms with Crippen LogP contribution in [0, 0.1) is 0 Å². The first-order valence-corrected chi connectivity index (χ1v) is 8.72. The van der Waals surface area contributed by atoms with Crippen molar-refractivity contribution in [1.82, 2.24) is 0 Å². The predicted molar refractivity (Wildman–Crippen MR) is 101 cm³/mol. The maximum absolute atomic E-state index is 9.55. The van der Waals surface area contributed by atoms with Crippen molar-refractivity contribution >= 4 is 10.8 Å². The van der Waals surface area contributed by atoms with E-state index >= 15 is 0 Å². The van der Waals surface area contributed by atoms with Gasteiger partial charge in [0.1, 0.15) is 11.5 Å². The molecular weight excluding hydrogens is 296 g/mol. The smallest absolute Gasteiger partial charge is 0.119 e. The van der Waals surface area contributed by atoms with E-state index < -0.39 is 0 Å². The van der Waals surface area contributed by atoms with Crippen molar-refractivity contribution in [3.8, 4) is 22.6 Å². The standard InChI is InChI=1S/C22H24O2/c1-2-3-4-5-14-24-22-12-9-17(10-13-22)18-6-7-20-16-21(23)11-8-19(20)15-18/h6-13,15-16,23H,2-5,14H2,1H3. The van der Waals surface area contributed by atoms with Gasteiger partial charge in [-0.05, 0) is 58.7 Å². The molecule has 2 heteroatoms. The molecule has 0 aromatic heterocycles. The second-order valence-electron chi connectivity index (χ2n) is 6.18. The highest BCUT2D eigenvalue weighted by Crippen LogP contribution is 2.28. The monoisotopic (exact) mass is 320 g/mol. The van der Waals surface area contributed by atoms with Crippen LogP contribution in [0.3, 0.4) is 0 Å². The van der Waals surface area contributed by atoms with Gasteiger partial charge in [-0.15, -0.1) is 0 Å². The molecule has 3 aromatic carbocycles. The fourth-order valence-corrected chi connectivity index (χ4v) is 2.88. The van der Waals surface area contributed by atoms with Crippen LogP contribution in [0.1, 0.15) is 32.6 Å². The van der Waals surface area contributed by atoms with Crippen LogP contribution >= 0.6 is 0 Å². The van der Waals surface area contributed by atoms with E-state index in [-0.39, 0.29) is 0 Å². The van der Waals surface area contributed by atoms with Gasteiger partial charge >= 0.3 is 0 Å². The Hall–Kier alpha value is -2.48. The molecule has 0 saturated heterocycles. The number of hydrogen-bond acceptors (Lipinski definition) is 2. The molecule has 1 N–H and O–H groups in total. The van der Waals surface area contributed by atoms with Gasteiger partial charge in [-0.25, -0.2) is 0 Å². The van der Waals surface area contributed by atoms with Crippen molar-refractivity contribution in [1.29, 1.82) is 0 Å². The van der Waals surface area contributed by atoms with Crippen molar-refractivity contribution in [2.45, 2.75) is 32.6 Å². The quantitative estimate of drug-likeness (QED) is 0.527. The van der Waals surface area contributed by atoms with Crippen LogP contribution in [0.2, 0.25) is 0 Å². The fraction of sp³-hybridized carbons (Fsp3) is 0.273. The lowest BCUT2D eigenvalue weighted by molar-refractivity contribution is 0.305. The first kappa shape index (κ1) is 16.4. The van der Waals surface area contributed by atoms with Gasteiger partial charge in [-0.3, -0.25) is 0 Å². The average molecular weight is 320 g/mol. The summed E-state index contributed by atoms with van der Waals surface area (Å²) in [6.45, 7) is 3.01. The zero-order chi connectivity index (χ0) is 16.8. The van der Waals surface area contributed by atoms with Gasteiger partial charge in [0.2, 0.25) is 0 Å². The van der Waals surface area contributed by atoms with Crippen LogP contribution in [0.25, 0.3) is 21.9 Å². The van der Waals surface area contributed by atoms with Crippen molar-refractivity contribution in [3.63, 3.8) is 0 Å². The molecule has 0 heterocycles. The van der Waals surface area contributed by atoms with E-state index in [1.165, 1.54) is 30.4 Å². The Morgan fingerprint density at radius 3 is 2.25 bits per heavy atom. The summed E-state index contributed by atoms with van der Waals surface area (Å²) in [5.74, 6) is 1.23. The summed E-state index contributed by atoms with van der Waals surface area (Å²) in [4.78, 5) is 0. The van der Waals surface area contributed by atoms with E-state index in [9.17, 15) is 5.11 Å². The summed E-state index contributed by atoms with van der Waals surface area (Å²) < 4.78 is 5.80. The first-order valence-electron chi connectivity index (χ1n) is 8.72. The number of rotatable bonds is 7. The Balaban J connectivity index is 1.68. The van der Waals surface area contributed by atoms with Gasteiger partial charge in [-0.2, -0.15) is 0 Å². The number of phenols is 1. The van der Waals surface area contributed by atoms with E-state index in [1.807, 2.05) is 24.3 Å². The van der Waals surface area contributed by atoms with E-state index in [0.29, 0.717) is 5.75 Å². The molecule has 124 valence electrons. The molecule has 0 aliphatic rings. The van der Waals surface area contributed by atoms with Crippen LogP contribution in [0.4, 0.5) is 0 Å². The fourth-order valence-electron chi connectivity index (χ4n) is 2.88. The predicted octanol–water partition coefficient (Wildman–Crippen LogP) is 6.17. The molecule has 2 nitrogen and oxygen atoms in total. The van der Waals surface area contributed by atoms with Crippen LogP contribution in [0.5, 0.6) is 11.5 Å². The summed E-state index contributed by atoms with van der Waals surface area (Å²) in [6, 6.07) is 20.0. The Morgan fingerprint density at radius 2 is 1.46 bits per heavy atom. The van der Waals surface area contributed by atoms with Crippen molar-refractivity contribution in [3.05, 3.63) is 60.7 Å². The average Bonchev–Trinajstić information content (AvgIpc) is 2.62. The second kappa shape index (κ2) is 7.87. The molecule has 3 aromatic rings. The zero-order valence-corrected chi connectivity index (χ0v) is 14.2. The highest BCUT2D eigenvalue weighted by atomic mass is 16.5. The Labute approximate surface area is 143 Å². The van der Waals surface area contributed by atoms with Crippen molar-refractivity contribution in [2.75, 3.05) is 6.61 Å². The third kappa shape index (κ3) is 4.08. The molecule has 0 aliphatic heterocycles. The van der Waals surface area contributed by atoms with Gasteiger partial charge in [0, 0.05) is 0 Å². The minimum atomic E-state index is 0.302. The number of fused-ring (bicyclic) bond motifs is 1. The largest absolute Gasteiger partial charge is 0.508 e. The van der Waals surface area contributed by atoms with E-state index in [0.717, 1.165) is 29.5 Å². The first-order chi connectivity index (χ1) is 11.8. The van der Waals surface area contributed by atoms with Crippen LogP contribution in [-0.4, -0.2) is 11.7 Å². The van der Waals surface area contributed by atoms with Crippen LogP contribution in [-0.2, 0) is 0 Å². The van der Waals surface area contributed by atoms with Crippen LogP contribution < -0.4 is 4.74 Å². The van der Waals surface area contributed by atoms with Crippen LogP contribution in [0.15, 0.2) is 60.7 Å². The van der Waals surface area contributed by atoms with Gasteiger partial charge in [-0.1, -0.05) is 56.5 Å². The molecule has 24 heavy (non-hydrogen) atoms. The Bertz CT molecular complexity index is 791. The normalized spacial score (nSPS) is 10.9. The molecule has 0 spiro atoms. The lowest BCUT2D eigenvalue weighted by Gasteiger charge is -2.08. The molecule has 0 saturated carbocycles. The summed E-state index contributed by atoms with van der Waals surface area (Å²) in [6.07, 6.45) is 4.89. The molecular formula is C22H24O2. The summed E-state index contributed by atoms with van der Waals surface area (Å²) >= 11 is 0. The molecule has 0 aliphatic carbocycles. The topological polar surface area (TPSA) is 29.5 Å². The molecule has 3 rings (SSSR count). The maximum atomic E-state index is 9.55. The number of benzene rings is 3. The number of ether oxygens (including phenoxy) is 1. The molecule has 0 fully saturated rings. The third-order valence-electron chi connectivity index (χ3n) is 4.28. The Morgan fingerprint density at radius 1 is 0.750 bits per heavy atom. The van der Waals surface area contributed by atoms with Crippen molar-refractivity contribution in [2.24, 2.45) is 0 Å². The van der Waals surface area contributed by atoms with E-state index in [2.05, 4.69) is 31.2 Å². The van der Waals surface area contributed by atoms with Gasteiger partial charge in [0.25, 0.3) is 0 Å². The number of phenolic OH excluding ortho intramolecular Hbond substituents is 1. The lowest BCUT2D eigenvalue weighted by atomic mass is 10.0. The van der Waals surface area contributed by atoms with Gasteiger partial charge in [0.15, 0.2) is 0 Å². The summed E-state index contributed by atoms with van der Waals surface area (Å²) in [5, 5.41) is 11.7. The summed E-state index contributed by atoms with van der Waals surface area (Å²) in [7, 11) is 0. The number of aromatic hydroxyl groups is 1. The molecule has 0 radical (unpaired) electrons. The third-order valence-corrected chi connectivity index (χ3v) is 4.28. The zero-order valence-electron chi connectivity index (χ0n) is 14.2. The number of unbranched alkanes of at least 4 members (excludes halogenated alkanes) is 3. The summed E-state index contributed by atoms with van der Waals surface area (Å²) in [5.41, 5.74) is 2.34. The van der Waals surface area contributed by atoms with E-state index in [1.54, 1.807) is 12.1 Å². The number of hydrogen-bond donors (Lipinski definition) is 1. The molecule has 0 bridgehead atoms. The second-order valence-corrected chi connectivity index (χ2v) is 6.18. The molecule has 0 amide bonds. The Kier molecular flexibility index (Phi) is 5.37. The highest BCUT2D eigenvalue weighted by Gasteiger charge is 2.02. The van der Waals surface area contributed by atoms with E-state index in [4.69, 9.17) is 4.74 Å². The molecule has 0 unspecified atom stereocenters. The minimum Gasteiger partial charge on any atom is -0.508 e. The van der Waals surface area contributed by atoms with Gasteiger partial charge < -0.3 is 9.84 Å². The SMILES string of the molecule is CCCCCCOc1ccc(-c2ccc3cc(O)ccc3c2)cc1.